The molecule has 2 N–H and O–H groups in total. The largest absolute Gasteiger partial charge is 0.481 e. The number of aliphatic carboxylic acids is 1. The fourth-order valence-corrected chi connectivity index (χ4v) is 7.88. The summed E-state index contributed by atoms with van der Waals surface area (Å²) >= 11 is 6.26. The van der Waals surface area contributed by atoms with E-state index in [0.717, 1.165) is 19.3 Å². The molecule has 1 aromatic carbocycles. The Kier molecular flexibility index (Phi) is 10.2. The number of carbonyl (C=O) groups is 4. The first-order valence-electron chi connectivity index (χ1n) is 9.81. The fraction of sp³-hybridized carbons (Fsp3) is 0.500. The monoisotopic (exact) mass is 767 g/mol. The maximum absolute atomic E-state index is 13.4. The number of hydrogen-bond acceptors (Lipinski definition) is 4. The van der Waals surface area contributed by atoms with Crippen molar-refractivity contribution in [1.82, 2.24) is 4.90 Å². The highest BCUT2D eigenvalue weighted by molar-refractivity contribution is 14.1. The van der Waals surface area contributed by atoms with E-state index in [4.69, 9.17) is 5.11 Å². The number of carboxylic acids is 1. The van der Waals surface area contributed by atoms with Gasteiger partial charge in [0.05, 0.1) is 27.6 Å². The summed E-state index contributed by atoms with van der Waals surface area (Å²) in [7, 11) is 1.64. The molecule has 31 heavy (non-hydrogen) atoms. The van der Waals surface area contributed by atoms with Gasteiger partial charge in [0.15, 0.2) is 0 Å². The maximum atomic E-state index is 13.4. The highest BCUT2D eigenvalue weighted by Gasteiger charge is 2.30. The van der Waals surface area contributed by atoms with Crippen LogP contribution in [0.25, 0.3) is 0 Å². The molecule has 0 aliphatic carbocycles. The second kappa shape index (κ2) is 12.0. The molecule has 1 saturated heterocycles. The minimum atomic E-state index is -0.953. The first-order chi connectivity index (χ1) is 14.6. The molecule has 170 valence electrons. The van der Waals surface area contributed by atoms with E-state index < -0.39 is 5.97 Å². The summed E-state index contributed by atoms with van der Waals surface area (Å²) in [5.41, 5.74) is 1.54. The number of amides is 3. The van der Waals surface area contributed by atoms with Gasteiger partial charge in [-0.1, -0.05) is 0 Å². The van der Waals surface area contributed by atoms with Gasteiger partial charge in [0.2, 0.25) is 11.8 Å². The molecular weight excluding hydrogens is 743 g/mol. The number of likely N-dealkylation sites (tertiary alicyclic amines) is 1. The number of nitrogens with zero attached hydrogens (tertiary/aromatic N) is 2. The Morgan fingerprint density at radius 2 is 1.61 bits per heavy atom. The first kappa shape index (κ1) is 26.5. The maximum Gasteiger partial charge on any atom is 0.303 e. The molecule has 0 atom stereocenters. The molecule has 0 bridgehead atoms. The van der Waals surface area contributed by atoms with Crippen LogP contribution in [-0.2, 0) is 14.4 Å². The van der Waals surface area contributed by atoms with Gasteiger partial charge in [-0.25, -0.2) is 0 Å². The van der Waals surface area contributed by atoms with E-state index in [9.17, 15) is 19.2 Å². The predicted octanol–water partition coefficient (Wildman–Crippen LogP) is 4.30. The lowest BCUT2D eigenvalue weighted by Gasteiger charge is -2.30. The predicted molar refractivity (Wildman–Crippen MR) is 144 cm³/mol. The molecule has 3 amide bonds. The van der Waals surface area contributed by atoms with E-state index in [1.165, 1.54) is 11.8 Å². The highest BCUT2D eigenvalue weighted by Crippen LogP contribution is 2.41. The summed E-state index contributed by atoms with van der Waals surface area (Å²) in [4.78, 5) is 52.1. The third-order valence-electron chi connectivity index (χ3n) is 5.02. The van der Waals surface area contributed by atoms with Crippen LogP contribution in [0.4, 0.5) is 11.4 Å². The van der Waals surface area contributed by atoms with Crippen molar-refractivity contribution in [1.29, 1.82) is 0 Å². The van der Waals surface area contributed by atoms with Crippen LogP contribution in [0.1, 0.15) is 55.8 Å². The SMILES string of the molecule is CC(=O)N(C)c1c(I)c(NC(=O)CCCC(=O)O)c(I)c(C(=O)N2CCCCC2)c1I. The summed E-state index contributed by atoms with van der Waals surface area (Å²) in [5.74, 6) is -1.58. The quantitative estimate of drug-likeness (QED) is 0.403. The van der Waals surface area contributed by atoms with Gasteiger partial charge in [0.1, 0.15) is 0 Å². The van der Waals surface area contributed by atoms with Gasteiger partial charge in [-0.05, 0) is 93.5 Å². The molecule has 0 aromatic heterocycles. The molecule has 1 heterocycles. The number of benzene rings is 1. The summed E-state index contributed by atoms with van der Waals surface area (Å²) in [6.07, 6.45) is 3.19. The van der Waals surface area contributed by atoms with E-state index >= 15 is 0 Å². The van der Waals surface area contributed by atoms with E-state index in [1.807, 2.05) is 4.90 Å². The third kappa shape index (κ3) is 6.65. The van der Waals surface area contributed by atoms with Crippen LogP contribution >= 0.6 is 67.8 Å². The second-order valence-corrected chi connectivity index (χ2v) is 10.5. The molecule has 1 fully saturated rings. The number of carbonyl (C=O) groups excluding carboxylic acids is 3. The number of carboxylic acid groups (broad SMARTS) is 1. The minimum absolute atomic E-state index is 0.0533. The molecule has 8 nitrogen and oxygen atoms in total. The number of rotatable bonds is 7. The van der Waals surface area contributed by atoms with Gasteiger partial charge in [-0.15, -0.1) is 0 Å². The van der Waals surface area contributed by atoms with Gasteiger partial charge in [0.25, 0.3) is 5.91 Å². The normalized spacial score (nSPS) is 13.6. The van der Waals surface area contributed by atoms with E-state index in [0.29, 0.717) is 40.7 Å². The van der Waals surface area contributed by atoms with Gasteiger partial charge in [0, 0.05) is 39.9 Å². The molecule has 0 unspecified atom stereocenters. The van der Waals surface area contributed by atoms with Gasteiger partial charge in [-0.3, -0.25) is 19.2 Å². The van der Waals surface area contributed by atoms with Crippen LogP contribution in [0.5, 0.6) is 0 Å². The Balaban J connectivity index is 2.51. The lowest BCUT2D eigenvalue weighted by Crippen LogP contribution is -2.37. The first-order valence-corrected chi connectivity index (χ1v) is 13.1. The Morgan fingerprint density at radius 3 is 2.16 bits per heavy atom. The minimum Gasteiger partial charge on any atom is -0.481 e. The zero-order valence-electron chi connectivity index (χ0n) is 17.3. The molecule has 2 rings (SSSR count). The Hall–Kier alpha value is -0.710. The molecule has 0 spiro atoms. The van der Waals surface area contributed by atoms with Crippen LogP contribution in [0.3, 0.4) is 0 Å². The van der Waals surface area contributed by atoms with Gasteiger partial charge >= 0.3 is 5.97 Å². The average Bonchev–Trinajstić information content (AvgIpc) is 2.71. The highest BCUT2D eigenvalue weighted by atomic mass is 127. The summed E-state index contributed by atoms with van der Waals surface area (Å²) in [6.45, 7) is 2.82. The van der Waals surface area contributed by atoms with Crippen LogP contribution in [0.2, 0.25) is 0 Å². The molecule has 11 heteroatoms. The van der Waals surface area contributed by atoms with E-state index in [1.54, 1.807) is 7.05 Å². The summed E-state index contributed by atoms with van der Waals surface area (Å²) in [5, 5.41) is 11.6. The number of hydrogen-bond donors (Lipinski definition) is 2. The standard InChI is InChI=1S/C20H24I3N3O5/c1-11(27)25(2)19-16(22)14(20(31)26-9-4-3-5-10-26)15(21)18(17(19)23)24-12(28)7-6-8-13(29)30/h3-10H2,1-2H3,(H,24,28)(H,29,30). The van der Waals surface area contributed by atoms with Gasteiger partial charge in [-0.2, -0.15) is 0 Å². The van der Waals surface area contributed by atoms with Crippen molar-refractivity contribution in [3.05, 3.63) is 16.3 Å². The third-order valence-corrected chi connectivity index (χ3v) is 8.20. The van der Waals surface area contributed by atoms with Crippen LogP contribution in [0.15, 0.2) is 0 Å². The van der Waals surface area contributed by atoms with Crippen LogP contribution < -0.4 is 10.2 Å². The molecular formula is C20H24I3N3O5. The molecule has 0 saturated carbocycles. The van der Waals surface area contributed by atoms with E-state index in [-0.39, 0.29) is 37.0 Å². The Morgan fingerprint density at radius 1 is 1.00 bits per heavy atom. The smallest absolute Gasteiger partial charge is 0.303 e. The molecule has 1 aliphatic rings. The molecule has 1 aromatic rings. The summed E-state index contributed by atoms with van der Waals surface area (Å²) < 4.78 is 1.95. The number of piperidine rings is 1. The zero-order valence-corrected chi connectivity index (χ0v) is 23.7. The van der Waals surface area contributed by atoms with Crippen molar-refractivity contribution >= 4 is 103 Å². The number of anilines is 2. The molecule has 1 aliphatic heterocycles. The lowest BCUT2D eigenvalue weighted by atomic mass is 10.1. The molecule has 0 radical (unpaired) electrons. The Bertz CT molecular complexity index is 901. The second-order valence-electron chi connectivity index (χ2n) is 7.27. The number of halogens is 3. The van der Waals surface area contributed by atoms with Crippen molar-refractivity contribution in [2.45, 2.75) is 45.4 Å². The Labute approximate surface area is 222 Å². The van der Waals surface area contributed by atoms with Crippen molar-refractivity contribution in [2.75, 3.05) is 30.4 Å². The van der Waals surface area contributed by atoms with E-state index in [2.05, 4.69) is 73.1 Å². The summed E-state index contributed by atoms with van der Waals surface area (Å²) in [6, 6.07) is 0. The van der Waals surface area contributed by atoms with Gasteiger partial charge < -0.3 is 20.2 Å². The number of nitrogens with one attached hydrogen (secondary N) is 1. The van der Waals surface area contributed by atoms with Crippen LogP contribution in [-0.4, -0.2) is 53.8 Å². The van der Waals surface area contributed by atoms with Crippen LogP contribution in [0, 0.1) is 10.7 Å². The van der Waals surface area contributed by atoms with Crippen molar-refractivity contribution in [3.63, 3.8) is 0 Å². The lowest BCUT2D eigenvalue weighted by molar-refractivity contribution is -0.137. The fourth-order valence-electron chi connectivity index (χ4n) is 3.26. The average molecular weight is 767 g/mol. The zero-order chi connectivity index (χ0) is 23.3. The van der Waals surface area contributed by atoms with Crippen molar-refractivity contribution in [2.24, 2.45) is 0 Å². The van der Waals surface area contributed by atoms with Crippen molar-refractivity contribution < 1.29 is 24.3 Å². The topological polar surface area (TPSA) is 107 Å². The van der Waals surface area contributed by atoms with Crippen molar-refractivity contribution in [3.8, 4) is 0 Å².